The second-order valence-electron chi connectivity index (χ2n) is 6.19. The minimum atomic E-state index is 0.0559. The van der Waals surface area contributed by atoms with Crippen molar-refractivity contribution in [2.75, 3.05) is 18.0 Å². The van der Waals surface area contributed by atoms with E-state index >= 15 is 0 Å². The average Bonchev–Trinajstić information content (AvgIpc) is 3.12. The number of hydrogen-bond acceptors (Lipinski definition) is 4. The molecule has 2 fully saturated rings. The van der Waals surface area contributed by atoms with Gasteiger partial charge in [0.25, 0.3) is 0 Å². The van der Waals surface area contributed by atoms with Gasteiger partial charge in [0.05, 0.1) is 17.5 Å². The molecule has 1 amide bonds. The van der Waals surface area contributed by atoms with E-state index in [1.165, 1.54) is 5.56 Å². The standard InChI is InChI=1S/C16H18N4O/c17-8-11-7-10-3-1-5-13(10)19-15(11)20-6-2-4-12-14(20)9-18-16(12)21/h7,12,14H,1-6,9H2,(H,18,21). The molecule has 2 aliphatic heterocycles. The Hall–Kier alpha value is -2.09. The second-order valence-corrected chi connectivity index (χ2v) is 6.19. The molecule has 1 aliphatic carbocycles. The molecule has 0 spiro atoms. The van der Waals surface area contributed by atoms with Crippen LogP contribution < -0.4 is 10.2 Å². The number of nitriles is 1. The maximum atomic E-state index is 11.9. The van der Waals surface area contributed by atoms with Gasteiger partial charge in [0, 0.05) is 18.8 Å². The van der Waals surface area contributed by atoms with Crippen LogP contribution in [-0.2, 0) is 17.6 Å². The van der Waals surface area contributed by atoms with Crippen molar-refractivity contribution in [3.05, 3.63) is 22.9 Å². The molecule has 5 heteroatoms. The molecule has 2 atom stereocenters. The fourth-order valence-corrected chi connectivity index (χ4v) is 3.98. The van der Waals surface area contributed by atoms with Gasteiger partial charge in [0.2, 0.25) is 5.91 Å². The molecule has 2 unspecified atom stereocenters. The molecule has 108 valence electrons. The van der Waals surface area contributed by atoms with Crippen LogP contribution in [0.5, 0.6) is 0 Å². The van der Waals surface area contributed by atoms with Crippen LogP contribution in [0.1, 0.15) is 36.1 Å². The van der Waals surface area contributed by atoms with E-state index in [0.717, 1.165) is 50.2 Å². The SMILES string of the molecule is N#Cc1cc2c(nc1N1CCCC3C(=O)NCC31)CCC2. The third-order valence-electron chi connectivity index (χ3n) is 5.02. The smallest absolute Gasteiger partial charge is 0.225 e. The summed E-state index contributed by atoms with van der Waals surface area (Å²) < 4.78 is 0. The summed E-state index contributed by atoms with van der Waals surface area (Å²) in [6.45, 7) is 1.56. The summed E-state index contributed by atoms with van der Waals surface area (Å²) in [6, 6.07) is 4.47. The number of piperidine rings is 1. The summed E-state index contributed by atoms with van der Waals surface area (Å²) in [6.07, 6.45) is 5.09. The summed E-state index contributed by atoms with van der Waals surface area (Å²) in [4.78, 5) is 18.9. The maximum Gasteiger partial charge on any atom is 0.225 e. The van der Waals surface area contributed by atoms with E-state index in [4.69, 9.17) is 4.98 Å². The van der Waals surface area contributed by atoms with E-state index in [1.807, 2.05) is 6.07 Å². The van der Waals surface area contributed by atoms with E-state index in [1.54, 1.807) is 0 Å². The first-order valence-electron chi connectivity index (χ1n) is 7.75. The molecule has 0 aromatic carbocycles. The Labute approximate surface area is 124 Å². The Bertz CT molecular complexity index is 648. The minimum absolute atomic E-state index is 0.0559. The Balaban J connectivity index is 1.76. The molecule has 0 bridgehead atoms. The summed E-state index contributed by atoms with van der Waals surface area (Å²) in [5, 5.41) is 12.4. The summed E-state index contributed by atoms with van der Waals surface area (Å²) >= 11 is 0. The molecule has 1 N–H and O–H groups in total. The highest BCUT2D eigenvalue weighted by molar-refractivity contribution is 5.83. The van der Waals surface area contributed by atoms with Gasteiger partial charge in [-0.05, 0) is 43.7 Å². The number of aryl methyl sites for hydroxylation is 2. The normalized spacial score (nSPS) is 27.0. The van der Waals surface area contributed by atoms with E-state index in [2.05, 4.69) is 16.3 Å². The molecule has 3 heterocycles. The van der Waals surface area contributed by atoms with Crippen LogP contribution in [0.4, 0.5) is 5.82 Å². The lowest BCUT2D eigenvalue weighted by atomic mass is 9.91. The zero-order valence-corrected chi connectivity index (χ0v) is 11.9. The number of pyridine rings is 1. The Kier molecular flexibility index (Phi) is 2.85. The average molecular weight is 282 g/mol. The molecule has 0 radical (unpaired) electrons. The Morgan fingerprint density at radius 1 is 1.38 bits per heavy atom. The highest BCUT2D eigenvalue weighted by atomic mass is 16.2. The topological polar surface area (TPSA) is 69.0 Å². The number of hydrogen-bond donors (Lipinski definition) is 1. The van der Waals surface area contributed by atoms with Crippen molar-refractivity contribution in [3.63, 3.8) is 0 Å². The number of nitrogens with one attached hydrogen (secondary N) is 1. The number of anilines is 1. The van der Waals surface area contributed by atoms with Crippen LogP contribution in [-0.4, -0.2) is 30.0 Å². The van der Waals surface area contributed by atoms with Gasteiger partial charge in [-0.15, -0.1) is 0 Å². The Morgan fingerprint density at radius 3 is 3.14 bits per heavy atom. The van der Waals surface area contributed by atoms with Crippen molar-refractivity contribution in [3.8, 4) is 6.07 Å². The van der Waals surface area contributed by atoms with Gasteiger partial charge in [0.1, 0.15) is 11.9 Å². The monoisotopic (exact) mass is 282 g/mol. The molecular formula is C16H18N4O. The van der Waals surface area contributed by atoms with Crippen molar-refractivity contribution in [2.45, 2.75) is 38.1 Å². The largest absolute Gasteiger partial charge is 0.354 e. The second kappa shape index (κ2) is 4.73. The van der Waals surface area contributed by atoms with Crippen LogP contribution in [0.25, 0.3) is 0 Å². The highest BCUT2D eigenvalue weighted by Crippen LogP contribution is 2.34. The zero-order chi connectivity index (χ0) is 14.4. The van der Waals surface area contributed by atoms with Crippen LogP contribution in [0.2, 0.25) is 0 Å². The summed E-state index contributed by atoms with van der Waals surface area (Å²) in [7, 11) is 0. The predicted octanol–water partition coefficient (Wildman–Crippen LogP) is 1.16. The minimum Gasteiger partial charge on any atom is -0.354 e. The molecule has 1 aromatic heterocycles. The molecule has 4 rings (SSSR count). The molecule has 0 saturated carbocycles. The molecule has 1 aromatic rings. The molecule has 3 aliphatic rings. The zero-order valence-electron chi connectivity index (χ0n) is 11.9. The number of carbonyl (C=O) groups excluding carboxylic acids is 1. The highest BCUT2D eigenvalue weighted by Gasteiger charge is 2.42. The number of rotatable bonds is 1. The Morgan fingerprint density at radius 2 is 2.29 bits per heavy atom. The van der Waals surface area contributed by atoms with Crippen LogP contribution in [0.3, 0.4) is 0 Å². The van der Waals surface area contributed by atoms with Gasteiger partial charge >= 0.3 is 0 Å². The third-order valence-corrected chi connectivity index (χ3v) is 5.02. The lowest BCUT2D eigenvalue weighted by molar-refractivity contribution is -0.122. The fourth-order valence-electron chi connectivity index (χ4n) is 3.98. The van der Waals surface area contributed by atoms with Gasteiger partial charge in [-0.2, -0.15) is 5.26 Å². The van der Waals surface area contributed by atoms with Gasteiger partial charge < -0.3 is 10.2 Å². The lowest BCUT2D eigenvalue weighted by Gasteiger charge is -2.37. The predicted molar refractivity (Wildman–Crippen MR) is 77.8 cm³/mol. The summed E-state index contributed by atoms with van der Waals surface area (Å²) in [5.74, 6) is 1.01. The van der Waals surface area contributed by atoms with Crippen molar-refractivity contribution >= 4 is 11.7 Å². The number of nitrogens with zero attached hydrogens (tertiary/aromatic N) is 3. The summed E-state index contributed by atoms with van der Waals surface area (Å²) in [5.41, 5.74) is 3.03. The molecule has 2 saturated heterocycles. The van der Waals surface area contributed by atoms with E-state index in [0.29, 0.717) is 12.1 Å². The van der Waals surface area contributed by atoms with Crippen molar-refractivity contribution < 1.29 is 4.79 Å². The molecule has 21 heavy (non-hydrogen) atoms. The van der Waals surface area contributed by atoms with Gasteiger partial charge in [0.15, 0.2) is 0 Å². The number of amides is 1. The van der Waals surface area contributed by atoms with Gasteiger partial charge in [-0.1, -0.05) is 0 Å². The van der Waals surface area contributed by atoms with Crippen molar-refractivity contribution in [1.29, 1.82) is 5.26 Å². The van der Waals surface area contributed by atoms with Gasteiger partial charge in [-0.25, -0.2) is 4.98 Å². The first-order valence-corrected chi connectivity index (χ1v) is 7.75. The maximum absolute atomic E-state index is 11.9. The third kappa shape index (κ3) is 1.90. The van der Waals surface area contributed by atoms with Crippen LogP contribution in [0.15, 0.2) is 6.07 Å². The lowest BCUT2D eigenvalue weighted by Crippen LogP contribution is -2.46. The van der Waals surface area contributed by atoms with E-state index < -0.39 is 0 Å². The van der Waals surface area contributed by atoms with E-state index in [-0.39, 0.29) is 17.9 Å². The number of fused-ring (bicyclic) bond motifs is 2. The first kappa shape index (κ1) is 12.6. The molecular weight excluding hydrogens is 264 g/mol. The fraction of sp³-hybridized carbons (Fsp3) is 0.562. The van der Waals surface area contributed by atoms with Crippen LogP contribution >= 0.6 is 0 Å². The van der Waals surface area contributed by atoms with Gasteiger partial charge in [-0.3, -0.25) is 4.79 Å². The van der Waals surface area contributed by atoms with Crippen molar-refractivity contribution in [1.82, 2.24) is 10.3 Å². The number of carbonyl (C=O) groups is 1. The van der Waals surface area contributed by atoms with Crippen molar-refractivity contribution in [2.24, 2.45) is 5.92 Å². The van der Waals surface area contributed by atoms with E-state index in [9.17, 15) is 10.1 Å². The molecule has 5 nitrogen and oxygen atoms in total. The van der Waals surface area contributed by atoms with Crippen LogP contribution in [0, 0.1) is 17.2 Å². The first-order chi connectivity index (χ1) is 10.3. The number of aromatic nitrogens is 1. The quantitative estimate of drug-likeness (QED) is 0.839.